The van der Waals surface area contributed by atoms with Crippen LogP contribution in [0.3, 0.4) is 0 Å². The molecule has 0 aliphatic heterocycles. The van der Waals surface area contributed by atoms with E-state index in [0.29, 0.717) is 30.1 Å². The number of benzene rings is 2. The number of para-hydroxylation sites is 2. The van der Waals surface area contributed by atoms with E-state index in [2.05, 4.69) is 22.4 Å². The van der Waals surface area contributed by atoms with Crippen molar-refractivity contribution in [2.45, 2.75) is 38.8 Å². The fourth-order valence-corrected chi connectivity index (χ4v) is 4.70. The summed E-state index contributed by atoms with van der Waals surface area (Å²) in [7, 11) is 0. The molecular formula is C27H26N4O2. The van der Waals surface area contributed by atoms with Gasteiger partial charge in [0.05, 0.1) is 12.6 Å². The van der Waals surface area contributed by atoms with Crippen molar-refractivity contribution in [3.05, 3.63) is 83.4 Å². The lowest BCUT2D eigenvalue weighted by atomic mass is 9.98. The minimum absolute atomic E-state index is 0.0141. The van der Waals surface area contributed by atoms with Crippen LogP contribution in [0.15, 0.2) is 70.8 Å². The van der Waals surface area contributed by atoms with Crippen molar-refractivity contribution >= 4 is 27.8 Å². The molecule has 6 nitrogen and oxygen atoms in total. The topological polar surface area (TPSA) is 85.1 Å². The first-order chi connectivity index (χ1) is 16.2. The quantitative estimate of drug-likeness (QED) is 0.418. The normalized spacial score (nSPS) is 15.9. The minimum atomic E-state index is 0.0141. The van der Waals surface area contributed by atoms with Crippen LogP contribution in [0.4, 0.5) is 0 Å². The SMILES string of the molecule is CCN(C(=O)c1cc2ccccc2[nH]1)[C@@H]1C=C(NCc2oc3ccccc3c2C#N)CCC1. The fraction of sp³-hybridized carbons (Fsp3) is 0.259. The van der Waals surface area contributed by atoms with E-state index in [1.807, 2.05) is 66.4 Å². The number of nitrogens with one attached hydrogen (secondary N) is 2. The van der Waals surface area contributed by atoms with E-state index in [0.717, 1.165) is 46.8 Å². The number of H-pyrrole nitrogens is 1. The third-order valence-corrected chi connectivity index (χ3v) is 6.36. The number of amides is 1. The average molecular weight is 439 g/mol. The van der Waals surface area contributed by atoms with E-state index < -0.39 is 0 Å². The predicted octanol–water partition coefficient (Wildman–Crippen LogP) is 5.47. The van der Waals surface area contributed by atoms with Crippen LogP contribution >= 0.6 is 0 Å². The first-order valence-electron chi connectivity index (χ1n) is 11.4. The molecular weight excluding hydrogens is 412 g/mol. The Labute approximate surface area is 192 Å². The Balaban J connectivity index is 1.34. The number of allylic oxidation sites excluding steroid dienone is 1. The van der Waals surface area contributed by atoms with Gasteiger partial charge >= 0.3 is 0 Å². The molecule has 1 aliphatic rings. The van der Waals surface area contributed by atoms with Gasteiger partial charge < -0.3 is 19.6 Å². The Hall–Kier alpha value is -3.98. The number of fused-ring (bicyclic) bond motifs is 2. The van der Waals surface area contributed by atoms with Crippen LogP contribution < -0.4 is 5.32 Å². The maximum atomic E-state index is 13.3. The molecule has 4 aromatic rings. The van der Waals surface area contributed by atoms with Crippen LogP contribution in [0.2, 0.25) is 0 Å². The highest BCUT2D eigenvalue weighted by molar-refractivity contribution is 5.98. The van der Waals surface area contributed by atoms with Gasteiger partial charge in [0.1, 0.15) is 28.7 Å². The zero-order chi connectivity index (χ0) is 22.8. The molecule has 0 bridgehead atoms. The summed E-state index contributed by atoms with van der Waals surface area (Å²) in [4.78, 5) is 18.5. The number of nitriles is 1. The van der Waals surface area contributed by atoms with Crippen molar-refractivity contribution in [3.8, 4) is 6.07 Å². The molecule has 1 aliphatic carbocycles. The molecule has 0 saturated carbocycles. The number of nitrogens with zero attached hydrogens (tertiary/aromatic N) is 2. The Morgan fingerprint density at radius 3 is 2.88 bits per heavy atom. The van der Waals surface area contributed by atoms with E-state index in [9.17, 15) is 10.1 Å². The molecule has 0 saturated heterocycles. The van der Waals surface area contributed by atoms with Gasteiger partial charge in [-0.2, -0.15) is 5.26 Å². The van der Waals surface area contributed by atoms with Gasteiger partial charge in [0.2, 0.25) is 0 Å². The number of aromatic amines is 1. The maximum absolute atomic E-state index is 13.3. The van der Waals surface area contributed by atoms with Crippen LogP contribution in [-0.2, 0) is 6.54 Å². The van der Waals surface area contributed by atoms with E-state index in [1.54, 1.807) is 0 Å². The van der Waals surface area contributed by atoms with Gasteiger partial charge in [-0.1, -0.05) is 30.3 Å². The third kappa shape index (κ3) is 3.98. The smallest absolute Gasteiger partial charge is 0.270 e. The molecule has 5 rings (SSSR count). The van der Waals surface area contributed by atoms with E-state index in [-0.39, 0.29) is 11.9 Å². The Morgan fingerprint density at radius 2 is 2.06 bits per heavy atom. The summed E-state index contributed by atoms with van der Waals surface area (Å²) in [6.07, 6.45) is 4.99. The molecule has 2 N–H and O–H groups in total. The number of carbonyl (C=O) groups is 1. The highest BCUT2D eigenvalue weighted by atomic mass is 16.3. The number of aromatic nitrogens is 1. The van der Waals surface area contributed by atoms with E-state index >= 15 is 0 Å². The van der Waals surface area contributed by atoms with E-state index in [4.69, 9.17) is 4.42 Å². The van der Waals surface area contributed by atoms with Crippen LogP contribution in [0.1, 0.15) is 48.0 Å². The first kappa shape index (κ1) is 20.9. The molecule has 2 aromatic carbocycles. The van der Waals surface area contributed by atoms with Crippen LogP contribution in [-0.4, -0.2) is 28.4 Å². The lowest BCUT2D eigenvalue weighted by Crippen LogP contribution is -2.41. The maximum Gasteiger partial charge on any atom is 0.270 e. The lowest BCUT2D eigenvalue weighted by Gasteiger charge is -2.32. The second-order valence-corrected chi connectivity index (χ2v) is 8.37. The molecule has 6 heteroatoms. The Kier molecular flexibility index (Phi) is 5.62. The number of furan rings is 1. The Morgan fingerprint density at radius 1 is 1.24 bits per heavy atom. The van der Waals surface area contributed by atoms with Crippen LogP contribution in [0.25, 0.3) is 21.9 Å². The van der Waals surface area contributed by atoms with Crippen LogP contribution in [0, 0.1) is 11.3 Å². The predicted molar refractivity (Wildman–Crippen MR) is 128 cm³/mol. The van der Waals surface area contributed by atoms with Crippen molar-refractivity contribution in [3.63, 3.8) is 0 Å². The van der Waals surface area contributed by atoms with Gasteiger partial charge in [0, 0.05) is 28.5 Å². The number of likely N-dealkylation sites (N-methyl/N-ethyl adjacent to an activating group) is 1. The van der Waals surface area contributed by atoms with Gasteiger partial charge in [0.15, 0.2) is 0 Å². The molecule has 0 fully saturated rings. The second-order valence-electron chi connectivity index (χ2n) is 8.37. The van der Waals surface area contributed by atoms with Crippen LogP contribution in [0.5, 0.6) is 0 Å². The summed E-state index contributed by atoms with van der Waals surface area (Å²) in [6.45, 7) is 3.09. The monoisotopic (exact) mass is 438 g/mol. The third-order valence-electron chi connectivity index (χ3n) is 6.36. The van der Waals surface area contributed by atoms with Gasteiger partial charge in [0.25, 0.3) is 5.91 Å². The molecule has 0 radical (unpaired) electrons. The zero-order valence-electron chi connectivity index (χ0n) is 18.6. The van der Waals surface area contributed by atoms with Crippen molar-refractivity contribution < 1.29 is 9.21 Å². The highest BCUT2D eigenvalue weighted by Gasteiger charge is 2.26. The number of hydrogen-bond acceptors (Lipinski definition) is 4. The van der Waals surface area contributed by atoms with Gasteiger partial charge in [-0.15, -0.1) is 0 Å². The van der Waals surface area contributed by atoms with E-state index in [1.165, 1.54) is 0 Å². The minimum Gasteiger partial charge on any atom is -0.458 e. The van der Waals surface area contributed by atoms with Crippen molar-refractivity contribution in [2.24, 2.45) is 0 Å². The van der Waals surface area contributed by atoms with Crippen molar-refractivity contribution in [2.75, 3.05) is 6.54 Å². The molecule has 0 spiro atoms. The summed E-state index contributed by atoms with van der Waals surface area (Å²) in [5.74, 6) is 0.656. The van der Waals surface area contributed by atoms with Gasteiger partial charge in [-0.3, -0.25) is 4.79 Å². The van der Waals surface area contributed by atoms with Crippen molar-refractivity contribution in [1.29, 1.82) is 5.26 Å². The highest BCUT2D eigenvalue weighted by Crippen LogP contribution is 2.27. The number of carbonyl (C=O) groups excluding carboxylic acids is 1. The molecule has 2 heterocycles. The summed E-state index contributed by atoms with van der Waals surface area (Å²) in [5, 5.41) is 14.9. The molecule has 0 unspecified atom stereocenters. The largest absolute Gasteiger partial charge is 0.458 e. The second kappa shape index (κ2) is 8.87. The summed E-state index contributed by atoms with van der Waals surface area (Å²) < 4.78 is 5.92. The van der Waals surface area contributed by atoms with Gasteiger partial charge in [-0.25, -0.2) is 0 Å². The Bertz CT molecular complexity index is 1360. The molecule has 1 atom stereocenters. The summed E-state index contributed by atoms with van der Waals surface area (Å²) >= 11 is 0. The lowest BCUT2D eigenvalue weighted by molar-refractivity contribution is 0.0706. The molecule has 2 aromatic heterocycles. The fourth-order valence-electron chi connectivity index (χ4n) is 4.70. The van der Waals surface area contributed by atoms with Crippen molar-refractivity contribution in [1.82, 2.24) is 15.2 Å². The summed E-state index contributed by atoms with van der Waals surface area (Å²) in [6, 6.07) is 19.8. The standard InChI is InChI=1S/C27H26N4O2/c1-2-31(27(32)24-14-18-8-3-5-12-23(18)30-24)20-10-7-9-19(15-20)29-17-26-22(16-28)21-11-4-6-13-25(21)33-26/h3-6,8,11-15,20,29-30H,2,7,9-10,17H2,1H3/t20-/m0/s1. The zero-order valence-corrected chi connectivity index (χ0v) is 18.6. The molecule has 1 amide bonds. The number of rotatable bonds is 6. The first-order valence-corrected chi connectivity index (χ1v) is 11.4. The van der Waals surface area contributed by atoms with Gasteiger partial charge in [-0.05, 0) is 56.5 Å². The summed E-state index contributed by atoms with van der Waals surface area (Å²) in [5.41, 5.74) is 3.97. The average Bonchev–Trinajstić information content (AvgIpc) is 3.44. The molecule has 33 heavy (non-hydrogen) atoms. The molecule has 166 valence electrons. The number of hydrogen-bond donors (Lipinski definition) is 2.